The number of hydrogen-bond acceptors (Lipinski definition) is 5. The topological polar surface area (TPSA) is 111 Å². The minimum Gasteiger partial charge on any atom is -0.398 e. The van der Waals surface area contributed by atoms with Gasteiger partial charge in [-0.3, -0.25) is 4.79 Å². The number of nitrogens with two attached hydrogens (primary N) is 1. The molecule has 8 heteroatoms. The van der Waals surface area contributed by atoms with Crippen molar-refractivity contribution in [2.75, 3.05) is 26.0 Å². The van der Waals surface area contributed by atoms with Gasteiger partial charge in [-0.1, -0.05) is 6.07 Å². The van der Waals surface area contributed by atoms with Crippen LogP contribution in [-0.2, 0) is 19.6 Å². The molecule has 0 saturated heterocycles. The Kier molecular flexibility index (Phi) is 6.13. The smallest absolute Gasteiger partial charge is 0.243 e. The molecule has 7 nitrogen and oxygen atoms in total. The second kappa shape index (κ2) is 7.39. The molecule has 1 atom stereocenters. The second-order valence-electron chi connectivity index (χ2n) is 4.67. The summed E-state index contributed by atoms with van der Waals surface area (Å²) in [4.78, 5) is 11.7. The third-order valence-corrected chi connectivity index (χ3v) is 4.40. The fourth-order valence-corrected chi connectivity index (χ4v) is 3.01. The van der Waals surface area contributed by atoms with Crippen molar-refractivity contribution in [3.05, 3.63) is 23.8 Å². The van der Waals surface area contributed by atoms with E-state index >= 15 is 0 Å². The monoisotopic (exact) mass is 315 g/mol. The molecular weight excluding hydrogens is 294 g/mol. The molecule has 118 valence electrons. The Labute approximate surface area is 124 Å². The maximum atomic E-state index is 12.2. The van der Waals surface area contributed by atoms with Gasteiger partial charge in [0.1, 0.15) is 4.90 Å². The van der Waals surface area contributed by atoms with Crippen molar-refractivity contribution in [3.8, 4) is 0 Å². The number of carbonyl (C=O) groups is 1. The molecule has 0 spiro atoms. The summed E-state index contributed by atoms with van der Waals surface area (Å²) in [5, 5.41) is 2.56. The molecule has 0 aliphatic heterocycles. The van der Waals surface area contributed by atoms with Crippen LogP contribution in [0.2, 0.25) is 0 Å². The van der Waals surface area contributed by atoms with Gasteiger partial charge in [0.15, 0.2) is 0 Å². The van der Waals surface area contributed by atoms with Crippen molar-refractivity contribution in [3.63, 3.8) is 0 Å². The van der Waals surface area contributed by atoms with E-state index in [-0.39, 0.29) is 10.6 Å². The van der Waals surface area contributed by atoms with E-state index in [9.17, 15) is 13.2 Å². The normalized spacial score (nSPS) is 12.9. The van der Waals surface area contributed by atoms with E-state index in [1.807, 2.05) is 6.92 Å². The van der Waals surface area contributed by atoms with Crippen LogP contribution >= 0.6 is 0 Å². The molecule has 21 heavy (non-hydrogen) atoms. The van der Waals surface area contributed by atoms with Crippen LogP contribution in [0.5, 0.6) is 0 Å². The Balaban J connectivity index is 2.78. The predicted molar refractivity (Wildman–Crippen MR) is 80.3 cm³/mol. The second-order valence-corrected chi connectivity index (χ2v) is 6.35. The maximum Gasteiger partial charge on any atom is 0.243 e. The van der Waals surface area contributed by atoms with Gasteiger partial charge < -0.3 is 15.8 Å². The molecular formula is C13H21N3O4S. The number of carbonyl (C=O) groups excluding carboxylic acids is 1. The first-order valence-electron chi connectivity index (χ1n) is 6.43. The van der Waals surface area contributed by atoms with Crippen molar-refractivity contribution >= 4 is 21.6 Å². The largest absolute Gasteiger partial charge is 0.398 e. The minimum absolute atomic E-state index is 0.0374. The number of nitrogen functional groups attached to an aromatic ring is 1. The third kappa shape index (κ3) is 5.00. The predicted octanol–water partition coefficient (Wildman–Crippen LogP) is 0.00662. The van der Waals surface area contributed by atoms with Gasteiger partial charge in [-0.25, -0.2) is 8.42 Å². The van der Waals surface area contributed by atoms with Crippen molar-refractivity contribution < 1.29 is 17.9 Å². The van der Waals surface area contributed by atoms with E-state index < -0.39 is 22.0 Å². The van der Waals surface area contributed by atoms with E-state index in [0.29, 0.717) is 13.2 Å². The van der Waals surface area contributed by atoms with Gasteiger partial charge in [0.05, 0.1) is 18.3 Å². The highest BCUT2D eigenvalue weighted by molar-refractivity contribution is 7.89. The van der Waals surface area contributed by atoms with Crippen molar-refractivity contribution in [1.82, 2.24) is 10.0 Å². The Morgan fingerprint density at radius 2 is 2.10 bits per heavy atom. The molecule has 0 saturated carbocycles. The lowest BCUT2D eigenvalue weighted by Crippen LogP contribution is -2.45. The molecule has 0 heterocycles. The average Bonchev–Trinajstić information content (AvgIpc) is 2.37. The van der Waals surface area contributed by atoms with E-state index in [2.05, 4.69) is 10.0 Å². The summed E-state index contributed by atoms with van der Waals surface area (Å²) in [5.74, 6) is -0.429. The lowest BCUT2D eigenvalue weighted by Gasteiger charge is -2.15. The molecule has 1 rings (SSSR count). The number of benzene rings is 1. The maximum absolute atomic E-state index is 12.2. The molecule has 1 aromatic carbocycles. The number of nitrogens with one attached hydrogen (secondary N) is 2. The zero-order chi connectivity index (χ0) is 16.0. The minimum atomic E-state index is -3.85. The highest BCUT2D eigenvalue weighted by Crippen LogP contribution is 2.19. The van der Waals surface area contributed by atoms with Gasteiger partial charge in [-0.05, 0) is 31.5 Å². The highest BCUT2D eigenvalue weighted by atomic mass is 32.2. The molecule has 1 aromatic rings. The van der Waals surface area contributed by atoms with E-state index in [0.717, 1.165) is 5.56 Å². The number of rotatable bonds is 7. The van der Waals surface area contributed by atoms with Crippen LogP contribution in [0.3, 0.4) is 0 Å². The van der Waals surface area contributed by atoms with Crippen LogP contribution in [0.25, 0.3) is 0 Å². The molecule has 1 unspecified atom stereocenters. The van der Waals surface area contributed by atoms with Gasteiger partial charge in [0, 0.05) is 13.7 Å². The molecule has 1 amide bonds. The Hall–Kier alpha value is -1.64. The van der Waals surface area contributed by atoms with E-state index in [1.165, 1.54) is 20.1 Å². The summed E-state index contributed by atoms with van der Waals surface area (Å²) in [5.41, 5.74) is 6.73. The van der Waals surface area contributed by atoms with Gasteiger partial charge >= 0.3 is 0 Å². The molecule has 0 aliphatic carbocycles. The summed E-state index contributed by atoms with van der Waals surface area (Å²) >= 11 is 0. The number of ether oxygens (including phenoxy) is 1. The first-order chi connectivity index (χ1) is 9.77. The van der Waals surface area contributed by atoms with Crippen LogP contribution in [0.1, 0.15) is 12.5 Å². The quantitative estimate of drug-likeness (QED) is 0.485. The van der Waals surface area contributed by atoms with Crippen LogP contribution in [0.15, 0.2) is 23.1 Å². The first-order valence-corrected chi connectivity index (χ1v) is 7.91. The lowest BCUT2D eigenvalue weighted by atomic mass is 10.2. The van der Waals surface area contributed by atoms with Crippen molar-refractivity contribution in [2.45, 2.75) is 24.8 Å². The molecule has 0 fully saturated rings. The third-order valence-electron chi connectivity index (χ3n) is 2.79. The SMILES string of the molecule is COCCNC(=O)C(C)NS(=O)(=O)c1ccc(C)cc1N. The van der Waals surface area contributed by atoms with Crippen LogP contribution in [-0.4, -0.2) is 40.6 Å². The van der Waals surface area contributed by atoms with Gasteiger partial charge in [-0.15, -0.1) is 0 Å². The summed E-state index contributed by atoms with van der Waals surface area (Å²) < 4.78 is 31.5. The molecule has 0 radical (unpaired) electrons. The van der Waals surface area contributed by atoms with Crippen LogP contribution in [0, 0.1) is 6.92 Å². The average molecular weight is 315 g/mol. The van der Waals surface area contributed by atoms with E-state index in [1.54, 1.807) is 12.1 Å². The summed E-state index contributed by atoms with van der Waals surface area (Å²) in [6.07, 6.45) is 0. The zero-order valence-corrected chi connectivity index (χ0v) is 13.2. The number of methoxy groups -OCH3 is 1. The first kappa shape index (κ1) is 17.4. The summed E-state index contributed by atoms with van der Waals surface area (Å²) in [6, 6.07) is 3.72. The Bertz CT molecular complexity index is 601. The number of anilines is 1. The van der Waals surface area contributed by atoms with Gasteiger partial charge in [0.25, 0.3) is 0 Å². The molecule has 0 bridgehead atoms. The molecule has 0 aromatic heterocycles. The fraction of sp³-hybridized carbons (Fsp3) is 0.462. The lowest BCUT2D eigenvalue weighted by molar-refractivity contribution is -0.122. The Morgan fingerprint density at radius 1 is 1.43 bits per heavy atom. The fourth-order valence-electron chi connectivity index (χ4n) is 1.69. The number of hydrogen-bond donors (Lipinski definition) is 3. The van der Waals surface area contributed by atoms with Crippen molar-refractivity contribution in [2.24, 2.45) is 0 Å². The highest BCUT2D eigenvalue weighted by Gasteiger charge is 2.23. The number of aryl methyl sites for hydroxylation is 1. The van der Waals surface area contributed by atoms with Gasteiger partial charge in [0.2, 0.25) is 15.9 Å². The Morgan fingerprint density at radius 3 is 2.67 bits per heavy atom. The van der Waals surface area contributed by atoms with Crippen molar-refractivity contribution in [1.29, 1.82) is 0 Å². The van der Waals surface area contributed by atoms with Crippen LogP contribution in [0.4, 0.5) is 5.69 Å². The molecule has 4 N–H and O–H groups in total. The summed E-state index contributed by atoms with van der Waals surface area (Å²) in [6.45, 7) is 3.94. The number of amides is 1. The van der Waals surface area contributed by atoms with Gasteiger partial charge in [-0.2, -0.15) is 4.72 Å². The van der Waals surface area contributed by atoms with Crippen LogP contribution < -0.4 is 15.8 Å². The standard InChI is InChI=1S/C13H21N3O4S/c1-9-4-5-12(11(14)8-9)21(18,19)16-10(2)13(17)15-6-7-20-3/h4-5,8,10,16H,6-7,14H2,1-3H3,(H,15,17). The van der Waals surface area contributed by atoms with E-state index in [4.69, 9.17) is 10.5 Å². The zero-order valence-electron chi connectivity index (χ0n) is 12.3. The molecule has 0 aliphatic rings. The number of sulfonamides is 1. The summed E-state index contributed by atoms with van der Waals surface area (Å²) in [7, 11) is -2.34.